The highest BCUT2D eigenvalue weighted by Gasteiger charge is 2.19. The molecule has 0 aromatic heterocycles. The first-order valence-corrected chi connectivity index (χ1v) is 8.60. The van der Waals surface area contributed by atoms with E-state index in [4.69, 9.17) is 11.6 Å². The fourth-order valence-electron chi connectivity index (χ4n) is 2.27. The largest absolute Gasteiger partial charge is 0.453 e. The van der Waals surface area contributed by atoms with Crippen LogP contribution in [0.5, 0.6) is 0 Å². The second-order valence-electron chi connectivity index (χ2n) is 4.93. The topological polar surface area (TPSA) is 63.7 Å². The van der Waals surface area contributed by atoms with Crippen LogP contribution in [0.3, 0.4) is 0 Å². The van der Waals surface area contributed by atoms with Gasteiger partial charge in [0.1, 0.15) is 6.61 Å². The fourth-order valence-corrected chi connectivity index (χ4v) is 3.67. The van der Waals surface area contributed by atoms with Crippen molar-refractivity contribution in [1.82, 2.24) is 0 Å². The van der Waals surface area contributed by atoms with Crippen LogP contribution in [0.25, 0.3) is 10.8 Å². The zero-order chi connectivity index (χ0) is 16.3. The summed E-state index contributed by atoms with van der Waals surface area (Å²) >= 11 is 5.04. The van der Waals surface area contributed by atoms with Gasteiger partial charge in [-0.2, -0.15) is 0 Å². The standard InChI is InChI=1S/C15H16ClNO4S/c1-17(2)13-7-3-6-12-11(13)5-4-8-14(12)22(19,20)10-9-21-15(16)18/h3-8H,9-10H2,1-2H3. The number of nitrogens with zero attached hydrogens (tertiary/aromatic N) is 1. The first-order valence-electron chi connectivity index (χ1n) is 6.57. The lowest BCUT2D eigenvalue weighted by Gasteiger charge is -2.16. The molecule has 2 rings (SSSR count). The summed E-state index contributed by atoms with van der Waals surface area (Å²) < 4.78 is 29.4. The lowest BCUT2D eigenvalue weighted by atomic mass is 10.1. The van der Waals surface area contributed by atoms with Gasteiger partial charge < -0.3 is 9.64 Å². The molecule has 0 spiro atoms. The molecule has 22 heavy (non-hydrogen) atoms. The molecule has 0 saturated heterocycles. The summed E-state index contributed by atoms with van der Waals surface area (Å²) in [7, 11) is 0.218. The van der Waals surface area contributed by atoms with E-state index in [9.17, 15) is 13.2 Å². The Morgan fingerprint density at radius 2 is 1.77 bits per heavy atom. The highest BCUT2D eigenvalue weighted by Crippen LogP contribution is 2.30. The van der Waals surface area contributed by atoms with E-state index in [0.717, 1.165) is 11.1 Å². The van der Waals surface area contributed by atoms with Crippen LogP contribution in [0.4, 0.5) is 10.5 Å². The van der Waals surface area contributed by atoms with E-state index in [1.807, 2.05) is 37.2 Å². The van der Waals surface area contributed by atoms with Crippen LogP contribution in [0.15, 0.2) is 41.3 Å². The number of anilines is 1. The van der Waals surface area contributed by atoms with Gasteiger partial charge in [0.05, 0.1) is 10.6 Å². The van der Waals surface area contributed by atoms with Gasteiger partial charge in [0.15, 0.2) is 9.84 Å². The molecule has 0 aliphatic heterocycles. The maximum Gasteiger partial charge on any atom is 0.403 e. The van der Waals surface area contributed by atoms with E-state index in [1.165, 1.54) is 0 Å². The Hall–Kier alpha value is -1.79. The van der Waals surface area contributed by atoms with Crippen molar-refractivity contribution in [2.45, 2.75) is 4.90 Å². The second-order valence-corrected chi connectivity index (χ2v) is 7.31. The highest BCUT2D eigenvalue weighted by atomic mass is 35.5. The molecule has 0 heterocycles. The third-order valence-electron chi connectivity index (χ3n) is 3.24. The van der Waals surface area contributed by atoms with Gasteiger partial charge in [-0.15, -0.1) is 0 Å². The van der Waals surface area contributed by atoms with Gasteiger partial charge in [0.2, 0.25) is 0 Å². The van der Waals surface area contributed by atoms with Crippen molar-refractivity contribution in [3.05, 3.63) is 36.4 Å². The number of halogens is 1. The number of carbonyl (C=O) groups excluding carboxylic acids is 1. The average molecular weight is 342 g/mol. The molecular formula is C15H16ClNO4S. The minimum Gasteiger partial charge on any atom is -0.453 e. The molecule has 0 N–H and O–H groups in total. The summed E-state index contributed by atoms with van der Waals surface area (Å²) in [6.07, 6.45) is 0. The third kappa shape index (κ3) is 3.51. The molecule has 0 aliphatic carbocycles. The molecule has 0 unspecified atom stereocenters. The Balaban J connectivity index is 2.47. The summed E-state index contributed by atoms with van der Waals surface area (Å²) in [6, 6.07) is 10.6. The second kappa shape index (κ2) is 6.54. The van der Waals surface area contributed by atoms with Crippen LogP contribution in [0.1, 0.15) is 0 Å². The number of carbonyl (C=O) groups is 1. The van der Waals surface area contributed by atoms with E-state index in [2.05, 4.69) is 4.74 Å². The van der Waals surface area contributed by atoms with Gasteiger partial charge in [-0.25, -0.2) is 13.2 Å². The molecule has 0 bridgehead atoms. The van der Waals surface area contributed by atoms with Crippen molar-refractivity contribution in [1.29, 1.82) is 0 Å². The van der Waals surface area contributed by atoms with Crippen LogP contribution in [0, 0.1) is 0 Å². The minimum absolute atomic E-state index is 0.222. The minimum atomic E-state index is -3.58. The zero-order valence-corrected chi connectivity index (χ0v) is 13.8. The van der Waals surface area contributed by atoms with Gasteiger partial charge >= 0.3 is 5.43 Å². The Morgan fingerprint density at radius 1 is 1.14 bits per heavy atom. The third-order valence-corrected chi connectivity index (χ3v) is 5.08. The van der Waals surface area contributed by atoms with Crippen molar-refractivity contribution < 1.29 is 17.9 Å². The lowest BCUT2D eigenvalue weighted by molar-refractivity contribution is 0.180. The van der Waals surface area contributed by atoms with Gasteiger partial charge in [0.25, 0.3) is 0 Å². The number of rotatable bonds is 5. The molecule has 5 nitrogen and oxygen atoms in total. The van der Waals surface area contributed by atoms with Crippen LogP contribution in [0.2, 0.25) is 0 Å². The number of fused-ring (bicyclic) bond motifs is 1. The van der Waals surface area contributed by atoms with Gasteiger partial charge in [-0.05, 0) is 12.1 Å². The van der Waals surface area contributed by atoms with Crippen LogP contribution in [-0.2, 0) is 14.6 Å². The van der Waals surface area contributed by atoms with Crippen molar-refractivity contribution in [3.63, 3.8) is 0 Å². The first-order chi connectivity index (χ1) is 10.3. The van der Waals surface area contributed by atoms with Gasteiger partial charge in [0, 0.05) is 42.2 Å². The SMILES string of the molecule is CN(C)c1cccc2c(S(=O)(=O)CCOC(=O)Cl)cccc12. The van der Waals surface area contributed by atoms with E-state index in [0.29, 0.717) is 5.39 Å². The molecule has 2 aromatic rings. The van der Waals surface area contributed by atoms with Crippen molar-refractivity contribution in [2.75, 3.05) is 31.4 Å². The van der Waals surface area contributed by atoms with E-state index in [1.54, 1.807) is 18.2 Å². The Bertz CT molecular complexity index is 802. The van der Waals surface area contributed by atoms with E-state index < -0.39 is 15.3 Å². The van der Waals surface area contributed by atoms with Crippen LogP contribution >= 0.6 is 11.6 Å². The molecule has 0 amide bonds. The normalized spacial score (nSPS) is 11.4. The molecule has 118 valence electrons. The number of benzene rings is 2. The quantitative estimate of drug-likeness (QED) is 0.782. The van der Waals surface area contributed by atoms with Gasteiger partial charge in [-0.3, -0.25) is 0 Å². The Labute approximate surface area is 134 Å². The van der Waals surface area contributed by atoms with Crippen molar-refractivity contribution in [2.24, 2.45) is 0 Å². The molecule has 7 heteroatoms. The molecule has 0 radical (unpaired) electrons. The molecular weight excluding hydrogens is 326 g/mol. The Kier molecular flexibility index (Phi) is 4.93. The number of hydrogen-bond acceptors (Lipinski definition) is 5. The van der Waals surface area contributed by atoms with Crippen LogP contribution < -0.4 is 4.90 Å². The number of ether oxygens (including phenoxy) is 1. The van der Waals surface area contributed by atoms with Crippen molar-refractivity contribution in [3.8, 4) is 0 Å². The summed E-state index contributed by atoms with van der Waals surface area (Å²) in [5.41, 5.74) is -0.0789. The molecule has 0 aliphatic rings. The number of sulfone groups is 1. The summed E-state index contributed by atoms with van der Waals surface area (Å²) in [5, 5.41) is 1.49. The molecule has 0 saturated carbocycles. The van der Waals surface area contributed by atoms with Crippen molar-refractivity contribution >= 4 is 43.3 Å². The van der Waals surface area contributed by atoms with Crippen LogP contribution in [-0.4, -0.2) is 40.3 Å². The molecule has 0 fully saturated rings. The van der Waals surface area contributed by atoms with Gasteiger partial charge in [-0.1, -0.05) is 24.3 Å². The predicted octanol–water partition coefficient (Wildman–Crippen LogP) is 3.05. The maximum absolute atomic E-state index is 12.5. The molecule has 0 atom stereocenters. The average Bonchev–Trinajstić information content (AvgIpc) is 2.45. The van der Waals surface area contributed by atoms with E-state index in [-0.39, 0.29) is 17.3 Å². The zero-order valence-electron chi connectivity index (χ0n) is 12.2. The highest BCUT2D eigenvalue weighted by molar-refractivity contribution is 7.91. The first kappa shape index (κ1) is 16.6. The number of hydrogen-bond donors (Lipinski definition) is 0. The fraction of sp³-hybridized carbons (Fsp3) is 0.267. The molecule has 2 aromatic carbocycles. The van der Waals surface area contributed by atoms with E-state index >= 15 is 0 Å². The summed E-state index contributed by atoms with van der Waals surface area (Å²) in [6.45, 7) is -0.269. The predicted molar refractivity (Wildman–Crippen MR) is 87.5 cm³/mol. The smallest absolute Gasteiger partial charge is 0.403 e. The Morgan fingerprint density at radius 3 is 2.41 bits per heavy atom. The summed E-state index contributed by atoms with van der Waals surface area (Å²) in [5.74, 6) is -0.309. The monoisotopic (exact) mass is 341 g/mol. The maximum atomic E-state index is 12.5. The summed E-state index contributed by atoms with van der Waals surface area (Å²) in [4.78, 5) is 12.7. The lowest BCUT2D eigenvalue weighted by Crippen LogP contribution is -2.14.